The van der Waals surface area contributed by atoms with Crippen LogP contribution in [0.2, 0.25) is 0 Å². The fourth-order valence-electron chi connectivity index (χ4n) is 2.66. The number of nitrogens with zero attached hydrogens (tertiary/aromatic N) is 1. The predicted octanol–water partition coefficient (Wildman–Crippen LogP) is 3.39. The molecule has 0 fully saturated rings. The van der Waals surface area contributed by atoms with Gasteiger partial charge in [-0.1, -0.05) is 24.3 Å². The first kappa shape index (κ1) is 18.4. The Labute approximate surface area is 157 Å². The highest BCUT2D eigenvalue weighted by Gasteiger charge is 2.16. The van der Waals surface area contributed by atoms with E-state index in [0.717, 1.165) is 10.8 Å². The molecule has 6 heteroatoms. The third-order valence-electron chi connectivity index (χ3n) is 3.82. The van der Waals surface area contributed by atoms with Gasteiger partial charge in [0.15, 0.2) is 6.61 Å². The van der Waals surface area contributed by atoms with Crippen molar-refractivity contribution in [1.82, 2.24) is 10.3 Å². The number of fused-ring (bicyclic) bond motifs is 1. The number of carbonyl (C=O) groups excluding carboxylic acids is 2. The van der Waals surface area contributed by atoms with Crippen LogP contribution in [-0.4, -0.2) is 29.4 Å². The highest BCUT2D eigenvalue weighted by Crippen LogP contribution is 2.27. The predicted molar refractivity (Wildman–Crippen MR) is 105 cm³/mol. The van der Waals surface area contributed by atoms with Crippen molar-refractivity contribution in [1.29, 1.82) is 0 Å². The molecule has 0 bridgehead atoms. The Bertz CT molecular complexity index is 955. The van der Waals surface area contributed by atoms with Crippen LogP contribution in [0.15, 0.2) is 60.9 Å². The second kappa shape index (κ2) is 8.31. The first-order valence-electron chi connectivity index (χ1n) is 8.69. The van der Waals surface area contributed by atoms with Crippen molar-refractivity contribution in [3.63, 3.8) is 0 Å². The first-order valence-corrected chi connectivity index (χ1v) is 8.69. The molecule has 0 saturated heterocycles. The molecule has 27 heavy (non-hydrogen) atoms. The van der Waals surface area contributed by atoms with Gasteiger partial charge in [0.25, 0.3) is 11.8 Å². The normalized spacial score (nSPS) is 10.6. The molecule has 2 aromatic carbocycles. The van der Waals surface area contributed by atoms with Crippen LogP contribution in [0.1, 0.15) is 24.2 Å². The number of aromatic nitrogens is 1. The molecule has 0 aliphatic carbocycles. The van der Waals surface area contributed by atoms with Crippen LogP contribution < -0.4 is 15.4 Å². The van der Waals surface area contributed by atoms with Gasteiger partial charge in [0.05, 0.1) is 17.4 Å². The Hall–Kier alpha value is -3.41. The first-order chi connectivity index (χ1) is 13.0. The summed E-state index contributed by atoms with van der Waals surface area (Å²) in [5.41, 5.74) is 0.939. The van der Waals surface area contributed by atoms with E-state index in [-0.39, 0.29) is 24.5 Å². The number of nitrogens with one attached hydrogen (secondary N) is 2. The van der Waals surface area contributed by atoms with Crippen molar-refractivity contribution in [3.8, 4) is 5.75 Å². The van der Waals surface area contributed by atoms with Gasteiger partial charge in [0.1, 0.15) is 5.75 Å². The minimum atomic E-state index is -0.326. The molecule has 0 saturated carbocycles. The maximum Gasteiger partial charge on any atom is 0.259 e. The molecule has 1 aromatic heterocycles. The molecule has 0 aliphatic heterocycles. The van der Waals surface area contributed by atoms with Gasteiger partial charge in [-0.3, -0.25) is 14.6 Å². The van der Waals surface area contributed by atoms with Gasteiger partial charge in [-0.25, -0.2) is 0 Å². The molecule has 2 amide bonds. The summed E-state index contributed by atoms with van der Waals surface area (Å²) in [6, 6.07) is 14.7. The summed E-state index contributed by atoms with van der Waals surface area (Å²) in [6.07, 6.45) is 3.20. The van der Waals surface area contributed by atoms with Gasteiger partial charge in [-0.05, 0) is 48.9 Å². The van der Waals surface area contributed by atoms with E-state index in [1.54, 1.807) is 36.7 Å². The van der Waals surface area contributed by atoms with Gasteiger partial charge in [-0.15, -0.1) is 0 Å². The number of carbonyl (C=O) groups is 2. The molecule has 1 heterocycles. The fraction of sp³-hybridized carbons (Fsp3) is 0.190. The zero-order chi connectivity index (χ0) is 19.2. The molecule has 0 aliphatic rings. The van der Waals surface area contributed by atoms with E-state index < -0.39 is 0 Å². The monoisotopic (exact) mass is 363 g/mol. The number of benzene rings is 2. The summed E-state index contributed by atoms with van der Waals surface area (Å²) >= 11 is 0. The second-order valence-corrected chi connectivity index (χ2v) is 6.40. The number of ether oxygens (including phenoxy) is 1. The van der Waals surface area contributed by atoms with E-state index in [0.29, 0.717) is 17.0 Å². The highest BCUT2D eigenvalue weighted by atomic mass is 16.5. The van der Waals surface area contributed by atoms with Crippen LogP contribution in [0.25, 0.3) is 10.8 Å². The number of anilines is 1. The quantitative estimate of drug-likeness (QED) is 0.703. The lowest BCUT2D eigenvalue weighted by Crippen LogP contribution is -2.34. The van der Waals surface area contributed by atoms with Crippen LogP contribution in [0.4, 0.5) is 5.69 Å². The largest absolute Gasteiger partial charge is 0.483 e. The maximum absolute atomic E-state index is 12.8. The Balaban J connectivity index is 1.89. The number of hydrogen-bond donors (Lipinski definition) is 2. The molecule has 0 radical (unpaired) electrons. The van der Waals surface area contributed by atoms with Crippen molar-refractivity contribution in [2.45, 2.75) is 19.9 Å². The summed E-state index contributed by atoms with van der Waals surface area (Å²) < 4.78 is 5.68. The minimum absolute atomic E-state index is 0.0195. The van der Waals surface area contributed by atoms with E-state index in [9.17, 15) is 9.59 Å². The minimum Gasteiger partial charge on any atom is -0.483 e. The maximum atomic E-state index is 12.8. The lowest BCUT2D eigenvalue weighted by molar-refractivity contribution is -0.123. The van der Waals surface area contributed by atoms with Crippen LogP contribution >= 0.6 is 0 Å². The average molecular weight is 363 g/mol. The van der Waals surface area contributed by atoms with Crippen molar-refractivity contribution in [3.05, 3.63) is 66.5 Å². The molecule has 2 N–H and O–H groups in total. The van der Waals surface area contributed by atoms with Crippen LogP contribution in [0.3, 0.4) is 0 Å². The van der Waals surface area contributed by atoms with Crippen molar-refractivity contribution in [2.24, 2.45) is 0 Å². The molecule has 0 unspecified atom stereocenters. The summed E-state index contributed by atoms with van der Waals surface area (Å²) in [5.74, 6) is -0.209. The zero-order valence-corrected chi connectivity index (χ0v) is 15.2. The molecule has 6 nitrogen and oxygen atoms in total. The van der Waals surface area contributed by atoms with Gasteiger partial charge in [0.2, 0.25) is 0 Å². The van der Waals surface area contributed by atoms with Crippen LogP contribution in [0, 0.1) is 0 Å². The summed E-state index contributed by atoms with van der Waals surface area (Å²) in [7, 11) is 0. The standard InChI is InChI=1S/C21H21N3O3/c1-14(2)23-20(25)13-27-19-11-16-7-4-3-6-15(16)10-18(19)21(26)24-17-8-5-9-22-12-17/h3-12,14H,13H2,1-2H3,(H,23,25)(H,24,26). The lowest BCUT2D eigenvalue weighted by Gasteiger charge is -2.14. The van der Waals surface area contributed by atoms with E-state index in [1.807, 2.05) is 38.1 Å². The van der Waals surface area contributed by atoms with Crippen LogP contribution in [0.5, 0.6) is 5.75 Å². The Morgan fingerprint density at radius 1 is 1.07 bits per heavy atom. The molecular weight excluding hydrogens is 342 g/mol. The van der Waals surface area contributed by atoms with E-state index in [1.165, 1.54) is 0 Å². The number of hydrogen-bond acceptors (Lipinski definition) is 4. The number of rotatable bonds is 6. The molecule has 138 valence electrons. The Morgan fingerprint density at radius 3 is 2.48 bits per heavy atom. The molecule has 3 rings (SSSR count). The van der Waals surface area contributed by atoms with Gasteiger partial charge < -0.3 is 15.4 Å². The fourth-order valence-corrected chi connectivity index (χ4v) is 2.66. The molecule has 0 atom stereocenters. The number of pyridine rings is 1. The zero-order valence-electron chi connectivity index (χ0n) is 15.2. The number of amides is 2. The molecular formula is C21H21N3O3. The van der Waals surface area contributed by atoms with E-state index in [2.05, 4.69) is 15.6 Å². The van der Waals surface area contributed by atoms with Gasteiger partial charge in [-0.2, -0.15) is 0 Å². The molecule has 0 spiro atoms. The van der Waals surface area contributed by atoms with E-state index in [4.69, 9.17) is 4.74 Å². The Morgan fingerprint density at radius 2 is 1.81 bits per heavy atom. The Kier molecular flexibility index (Phi) is 5.66. The van der Waals surface area contributed by atoms with E-state index >= 15 is 0 Å². The van der Waals surface area contributed by atoms with Gasteiger partial charge >= 0.3 is 0 Å². The highest BCUT2D eigenvalue weighted by molar-refractivity contribution is 6.08. The second-order valence-electron chi connectivity index (χ2n) is 6.40. The third-order valence-corrected chi connectivity index (χ3v) is 3.82. The SMILES string of the molecule is CC(C)NC(=O)COc1cc2ccccc2cc1C(=O)Nc1cccnc1. The summed E-state index contributed by atoms with van der Waals surface area (Å²) in [6.45, 7) is 3.59. The topological polar surface area (TPSA) is 80.3 Å². The summed E-state index contributed by atoms with van der Waals surface area (Å²) in [5, 5.41) is 7.40. The van der Waals surface area contributed by atoms with Crippen molar-refractivity contribution in [2.75, 3.05) is 11.9 Å². The smallest absolute Gasteiger partial charge is 0.259 e. The lowest BCUT2D eigenvalue weighted by atomic mass is 10.1. The van der Waals surface area contributed by atoms with Gasteiger partial charge in [0, 0.05) is 12.2 Å². The third kappa shape index (κ3) is 4.82. The average Bonchev–Trinajstić information content (AvgIpc) is 2.66. The molecule has 3 aromatic rings. The van der Waals surface area contributed by atoms with Crippen LogP contribution in [-0.2, 0) is 4.79 Å². The summed E-state index contributed by atoms with van der Waals surface area (Å²) in [4.78, 5) is 28.7. The van der Waals surface area contributed by atoms with Crippen molar-refractivity contribution >= 4 is 28.3 Å². The van der Waals surface area contributed by atoms with Crippen molar-refractivity contribution < 1.29 is 14.3 Å².